The van der Waals surface area contributed by atoms with Crippen molar-refractivity contribution in [2.45, 2.75) is 68.8 Å². The second-order valence-corrected chi connectivity index (χ2v) is 10.4. The van der Waals surface area contributed by atoms with Crippen LogP contribution in [0.25, 0.3) is 0 Å². The molecular formula is C22H36N5O12P. The molecule has 0 aliphatic carbocycles. The van der Waals surface area contributed by atoms with Crippen LogP contribution >= 0.6 is 9.03 Å². The summed E-state index contributed by atoms with van der Waals surface area (Å²) in [5.74, 6) is -5.09. The van der Waals surface area contributed by atoms with Crippen molar-refractivity contribution in [1.29, 1.82) is 0 Å². The number of rotatable bonds is 12. The first-order valence-corrected chi connectivity index (χ1v) is 13.3. The largest absolute Gasteiger partial charge is 0.477 e. The van der Waals surface area contributed by atoms with Crippen molar-refractivity contribution in [3.63, 3.8) is 0 Å². The lowest BCUT2D eigenvalue weighted by Gasteiger charge is -2.46. The Bertz CT molecular complexity index is 1100. The maximum absolute atomic E-state index is 12.3. The van der Waals surface area contributed by atoms with Crippen LogP contribution in [0.2, 0.25) is 0 Å². The fourth-order valence-corrected chi connectivity index (χ4v) is 5.25. The number of hydrogen-bond donors (Lipinski definition) is 8. The van der Waals surface area contributed by atoms with Gasteiger partial charge in [0.15, 0.2) is 9.03 Å². The number of carbonyl (C=O) groups is 2. The molecule has 10 N–H and O–H groups in total. The third kappa shape index (κ3) is 6.94. The lowest BCUT2D eigenvalue weighted by molar-refractivity contribution is -0.283. The molecule has 3 rings (SSSR count). The van der Waals surface area contributed by atoms with E-state index in [4.69, 9.17) is 30.0 Å². The molecule has 1 aromatic rings. The number of amides is 1. The van der Waals surface area contributed by atoms with Crippen LogP contribution in [0.15, 0.2) is 17.1 Å². The highest BCUT2D eigenvalue weighted by molar-refractivity contribution is 7.26. The number of carboxylic acid groups (broad SMARTS) is 1. The zero-order valence-electron chi connectivity index (χ0n) is 21.8. The highest BCUT2D eigenvalue weighted by Crippen LogP contribution is 2.41. The van der Waals surface area contributed by atoms with Crippen LogP contribution in [0.4, 0.5) is 5.82 Å². The van der Waals surface area contributed by atoms with E-state index in [2.05, 4.69) is 10.3 Å². The average Bonchev–Trinajstić information content (AvgIpc) is 3.19. The van der Waals surface area contributed by atoms with Gasteiger partial charge in [0.2, 0.25) is 5.91 Å². The van der Waals surface area contributed by atoms with Crippen molar-refractivity contribution in [3.8, 4) is 0 Å². The minimum Gasteiger partial charge on any atom is -0.477 e. The van der Waals surface area contributed by atoms with Crippen molar-refractivity contribution in [1.82, 2.24) is 14.9 Å². The van der Waals surface area contributed by atoms with Crippen molar-refractivity contribution in [2.75, 3.05) is 25.5 Å². The maximum atomic E-state index is 12.3. The summed E-state index contributed by atoms with van der Waals surface area (Å²) in [6.45, 7) is 2.33. The third-order valence-electron chi connectivity index (χ3n) is 7.15. The van der Waals surface area contributed by atoms with E-state index in [0.717, 1.165) is 0 Å². The predicted octanol–water partition coefficient (Wildman–Crippen LogP) is -3.37. The highest BCUT2D eigenvalue weighted by atomic mass is 31.1. The highest BCUT2D eigenvalue weighted by Gasteiger charge is 2.56. The number of nitrogens with two attached hydrogens (primary N) is 2. The summed E-state index contributed by atoms with van der Waals surface area (Å²) in [7, 11) is -0.949. The van der Waals surface area contributed by atoms with E-state index >= 15 is 0 Å². The van der Waals surface area contributed by atoms with Gasteiger partial charge in [0.1, 0.15) is 30.4 Å². The van der Waals surface area contributed by atoms with Crippen molar-refractivity contribution in [2.24, 2.45) is 17.6 Å². The Hall–Kier alpha value is -2.31. The zero-order valence-corrected chi connectivity index (χ0v) is 22.8. The number of hydrogen-bond acceptors (Lipinski definition) is 14. The standard InChI is InChI=1S/C22H36N5O12P/c1-9-10(2)19(27-4-3-14(24)25-21(27)35)37-13(9)8-36-40-39-22(20(33)34)5-11(29)16(26-15(31)6-23)18(38-22)17(32)12(30)7-28/h3-4,9-13,16-19,28-30,32,40H,5-8,23H2,1-2H3,(H,26,31)(H,33,34)(H2,24,25,35). The quantitative estimate of drug-likeness (QED) is 0.0867. The van der Waals surface area contributed by atoms with Gasteiger partial charge < -0.3 is 56.3 Å². The number of carbonyl (C=O) groups excluding carboxylic acids is 1. The fraction of sp³-hybridized carbons (Fsp3) is 0.727. The Morgan fingerprint density at radius 3 is 2.65 bits per heavy atom. The second-order valence-electron chi connectivity index (χ2n) is 9.77. The van der Waals surface area contributed by atoms with Gasteiger partial charge in [0.25, 0.3) is 5.79 Å². The number of nitrogen functional groups attached to an aromatic ring is 1. The van der Waals surface area contributed by atoms with Crippen LogP contribution in [0.5, 0.6) is 0 Å². The molecule has 0 radical (unpaired) electrons. The first-order valence-electron chi connectivity index (χ1n) is 12.5. The summed E-state index contributed by atoms with van der Waals surface area (Å²) in [6.07, 6.45) is -7.41. The predicted molar refractivity (Wildman–Crippen MR) is 136 cm³/mol. The summed E-state index contributed by atoms with van der Waals surface area (Å²) < 4.78 is 23.9. The average molecular weight is 594 g/mol. The Morgan fingerprint density at radius 2 is 2.05 bits per heavy atom. The van der Waals surface area contributed by atoms with Gasteiger partial charge in [-0.2, -0.15) is 4.98 Å². The molecule has 0 aromatic carbocycles. The molecule has 226 valence electrons. The molecule has 0 bridgehead atoms. The van der Waals surface area contributed by atoms with E-state index in [0.29, 0.717) is 0 Å². The smallest absolute Gasteiger partial charge is 0.364 e. The Morgan fingerprint density at radius 1 is 1.35 bits per heavy atom. The Balaban J connectivity index is 1.68. The lowest BCUT2D eigenvalue weighted by atomic mass is 9.88. The molecular weight excluding hydrogens is 557 g/mol. The van der Waals surface area contributed by atoms with Crippen LogP contribution in [-0.2, 0) is 28.1 Å². The molecule has 3 heterocycles. The molecule has 0 saturated carbocycles. The van der Waals surface area contributed by atoms with E-state index in [1.165, 1.54) is 16.8 Å². The zero-order chi connectivity index (χ0) is 29.8. The van der Waals surface area contributed by atoms with Gasteiger partial charge in [-0.05, 0) is 12.0 Å². The normalized spacial score (nSPS) is 34.1. The topological polar surface area (TPSA) is 271 Å². The number of aliphatic hydroxyl groups is 4. The first-order chi connectivity index (χ1) is 18.8. The number of aliphatic carboxylic acids is 1. The second kappa shape index (κ2) is 13.6. The summed E-state index contributed by atoms with van der Waals surface area (Å²) in [5, 5.41) is 52.6. The number of ether oxygens (including phenoxy) is 2. The van der Waals surface area contributed by atoms with Crippen LogP contribution in [-0.4, -0.2) is 109 Å². The molecule has 0 spiro atoms. The summed E-state index contributed by atoms with van der Waals surface area (Å²) in [6, 6.07) is 0.0888. The van der Waals surface area contributed by atoms with Crippen molar-refractivity contribution >= 4 is 26.7 Å². The van der Waals surface area contributed by atoms with Crippen LogP contribution in [0.1, 0.15) is 26.5 Å². The molecule has 2 fully saturated rings. The fourth-order valence-electron chi connectivity index (χ4n) is 4.61. The SMILES string of the molecule is CC1C(COPOC2(C(=O)O)CC(O)C(NC(=O)CN)C(C(O)C(O)CO)O2)OC(n2ccc(N)nc2=O)C1C. The van der Waals surface area contributed by atoms with E-state index in [-0.39, 0.29) is 24.3 Å². The monoisotopic (exact) mass is 593 g/mol. The molecule has 2 aliphatic rings. The molecule has 1 amide bonds. The number of carboxylic acids is 1. The number of anilines is 1. The molecule has 2 saturated heterocycles. The van der Waals surface area contributed by atoms with Crippen LogP contribution in [0, 0.1) is 11.8 Å². The van der Waals surface area contributed by atoms with Crippen LogP contribution in [0.3, 0.4) is 0 Å². The van der Waals surface area contributed by atoms with Crippen molar-refractivity contribution in [3.05, 3.63) is 22.7 Å². The molecule has 40 heavy (non-hydrogen) atoms. The first kappa shape index (κ1) is 32.2. The Labute approximate surface area is 230 Å². The summed E-state index contributed by atoms with van der Waals surface area (Å²) >= 11 is 0. The Kier molecular flexibility index (Phi) is 10.9. The number of aromatic nitrogens is 2. The van der Waals surface area contributed by atoms with E-state index in [1.54, 1.807) is 0 Å². The van der Waals surface area contributed by atoms with Gasteiger partial charge in [-0.1, -0.05) is 13.8 Å². The van der Waals surface area contributed by atoms with Gasteiger partial charge in [-0.3, -0.25) is 13.9 Å². The molecule has 17 nitrogen and oxygen atoms in total. The summed E-state index contributed by atoms with van der Waals surface area (Å²) in [4.78, 5) is 40.1. The van der Waals surface area contributed by atoms with Gasteiger partial charge in [-0.15, -0.1) is 0 Å². The minimum atomic E-state index is -2.54. The molecule has 1 aromatic heterocycles. The van der Waals surface area contributed by atoms with E-state index in [1.807, 2.05) is 13.8 Å². The van der Waals surface area contributed by atoms with Gasteiger partial charge in [0, 0.05) is 18.5 Å². The molecule has 2 aliphatic heterocycles. The van der Waals surface area contributed by atoms with E-state index in [9.17, 15) is 39.9 Å². The summed E-state index contributed by atoms with van der Waals surface area (Å²) in [5.41, 5.74) is 10.3. The van der Waals surface area contributed by atoms with E-state index < -0.39 is 94.7 Å². The third-order valence-corrected chi connectivity index (χ3v) is 7.85. The number of aliphatic hydroxyl groups excluding tert-OH is 4. The van der Waals surface area contributed by atoms with Crippen LogP contribution < -0.4 is 22.5 Å². The van der Waals surface area contributed by atoms with Gasteiger partial charge in [0.05, 0.1) is 38.0 Å². The number of nitrogens with zero attached hydrogens (tertiary/aromatic N) is 2. The molecule has 18 heteroatoms. The van der Waals surface area contributed by atoms with Gasteiger partial charge >= 0.3 is 11.7 Å². The lowest BCUT2D eigenvalue weighted by Crippen LogP contribution is -2.68. The van der Waals surface area contributed by atoms with Crippen molar-refractivity contribution < 1.29 is 53.6 Å². The molecule has 11 unspecified atom stereocenters. The maximum Gasteiger partial charge on any atom is 0.364 e. The molecule has 11 atom stereocenters. The number of nitrogens with one attached hydrogen (secondary N) is 1. The van der Waals surface area contributed by atoms with Gasteiger partial charge in [-0.25, -0.2) is 9.59 Å². The minimum absolute atomic E-state index is 0.0552.